The Labute approximate surface area is 121 Å². The highest BCUT2D eigenvalue weighted by Crippen LogP contribution is 2.33. The molecule has 1 aliphatic carbocycles. The van der Waals surface area contributed by atoms with Gasteiger partial charge in [0.05, 0.1) is 24.4 Å². The van der Waals surface area contributed by atoms with E-state index in [1.54, 1.807) is 7.11 Å². The molecule has 4 heteroatoms. The van der Waals surface area contributed by atoms with E-state index in [4.69, 9.17) is 14.2 Å². The number of methoxy groups -OCH3 is 1. The molecule has 0 saturated heterocycles. The SMILES string of the molecule is CCOc1cc(C)ccc1NC1CC(OCC)C1OC. The summed E-state index contributed by atoms with van der Waals surface area (Å²) in [4.78, 5) is 0. The molecule has 0 amide bonds. The summed E-state index contributed by atoms with van der Waals surface area (Å²) in [6, 6.07) is 6.50. The topological polar surface area (TPSA) is 39.7 Å². The fourth-order valence-corrected chi connectivity index (χ4v) is 2.64. The van der Waals surface area contributed by atoms with Gasteiger partial charge in [-0.1, -0.05) is 6.07 Å². The number of ether oxygens (including phenoxy) is 3. The molecule has 0 bridgehead atoms. The van der Waals surface area contributed by atoms with E-state index in [0.29, 0.717) is 6.61 Å². The minimum Gasteiger partial charge on any atom is -0.492 e. The van der Waals surface area contributed by atoms with Gasteiger partial charge in [0.25, 0.3) is 0 Å². The first-order chi connectivity index (χ1) is 9.69. The first-order valence-electron chi connectivity index (χ1n) is 7.34. The second kappa shape index (κ2) is 6.95. The average molecular weight is 279 g/mol. The first-order valence-corrected chi connectivity index (χ1v) is 7.34. The maximum Gasteiger partial charge on any atom is 0.142 e. The van der Waals surface area contributed by atoms with Gasteiger partial charge in [-0.15, -0.1) is 0 Å². The zero-order valence-corrected chi connectivity index (χ0v) is 12.8. The molecule has 4 nitrogen and oxygen atoms in total. The summed E-state index contributed by atoms with van der Waals surface area (Å²) in [6.07, 6.45) is 1.26. The van der Waals surface area contributed by atoms with Crippen LogP contribution in [0.15, 0.2) is 18.2 Å². The molecule has 2 rings (SSSR count). The Bertz CT molecular complexity index is 436. The van der Waals surface area contributed by atoms with Crippen LogP contribution in [0, 0.1) is 6.92 Å². The van der Waals surface area contributed by atoms with Gasteiger partial charge in [-0.25, -0.2) is 0 Å². The molecule has 112 valence electrons. The van der Waals surface area contributed by atoms with Crippen LogP contribution >= 0.6 is 0 Å². The number of hydrogen-bond acceptors (Lipinski definition) is 4. The summed E-state index contributed by atoms with van der Waals surface area (Å²) in [5.74, 6) is 0.905. The maximum atomic E-state index is 5.70. The molecular weight excluding hydrogens is 254 g/mol. The van der Waals surface area contributed by atoms with Crippen molar-refractivity contribution in [2.24, 2.45) is 0 Å². The van der Waals surface area contributed by atoms with Gasteiger partial charge in [0, 0.05) is 13.7 Å². The van der Waals surface area contributed by atoms with Crippen LogP contribution in [-0.4, -0.2) is 38.6 Å². The molecule has 1 fully saturated rings. The quantitative estimate of drug-likeness (QED) is 0.833. The third-order valence-corrected chi connectivity index (χ3v) is 3.68. The summed E-state index contributed by atoms with van der Waals surface area (Å²) < 4.78 is 16.9. The molecule has 1 aromatic carbocycles. The Morgan fingerprint density at radius 1 is 1.25 bits per heavy atom. The van der Waals surface area contributed by atoms with Gasteiger partial charge >= 0.3 is 0 Å². The van der Waals surface area contributed by atoms with Crippen molar-refractivity contribution in [1.29, 1.82) is 0 Å². The summed E-state index contributed by atoms with van der Waals surface area (Å²) in [5.41, 5.74) is 2.22. The van der Waals surface area contributed by atoms with E-state index in [0.717, 1.165) is 24.5 Å². The van der Waals surface area contributed by atoms with Gasteiger partial charge in [-0.2, -0.15) is 0 Å². The van der Waals surface area contributed by atoms with Gasteiger partial charge in [0.1, 0.15) is 11.9 Å². The van der Waals surface area contributed by atoms with E-state index >= 15 is 0 Å². The lowest BCUT2D eigenvalue weighted by Crippen LogP contribution is -2.56. The number of anilines is 1. The molecule has 1 aromatic rings. The number of benzene rings is 1. The molecule has 20 heavy (non-hydrogen) atoms. The predicted molar refractivity (Wildman–Crippen MR) is 80.6 cm³/mol. The van der Waals surface area contributed by atoms with Crippen LogP contribution < -0.4 is 10.1 Å². The fourth-order valence-electron chi connectivity index (χ4n) is 2.64. The van der Waals surface area contributed by atoms with Crippen LogP contribution in [0.1, 0.15) is 25.8 Å². The van der Waals surface area contributed by atoms with Crippen molar-refractivity contribution in [3.63, 3.8) is 0 Å². The molecule has 3 atom stereocenters. The van der Waals surface area contributed by atoms with Crippen molar-refractivity contribution in [2.45, 2.75) is 45.4 Å². The highest BCUT2D eigenvalue weighted by Gasteiger charge is 2.42. The van der Waals surface area contributed by atoms with Crippen molar-refractivity contribution < 1.29 is 14.2 Å². The molecule has 0 radical (unpaired) electrons. The monoisotopic (exact) mass is 279 g/mol. The van der Waals surface area contributed by atoms with Gasteiger partial charge in [0.15, 0.2) is 0 Å². The van der Waals surface area contributed by atoms with Crippen molar-refractivity contribution >= 4 is 5.69 Å². The second-order valence-electron chi connectivity index (χ2n) is 5.11. The van der Waals surface area contributed by atoms with Gasteiger partial charge in [-0.3, -0.25) is 0 Å². The maximum absolute atomic E-state index is 5.70. The molecular formula is C16H25NO3. The Morgan fingerprint density at radius 3 is 2.70 bits per heavy atom. The largest absolute Gasteiger partial charge is 0.492 e. The number of hydrogen-bond donors (Lipinski definition) is 1. The van der Waals surface area contributed by atoms with Crippen LogP contribution in [0.3, 0.4) is 0 Å². The van der Waals surface area contributed by atoms with Crippen LogP contribution in [0.4, 0.5) is 5.69 Å². The lowest BCUT2D eigenvalue weighted by molar-refractivity contribution is -0.118. The average Bonchev–Trinajstić information content (AvgIpc) is 2.40. The Hall–Kier alpha value is -1.26. The molecule has 1 N–H and O–H groups in total. The van der Waals surface area contributed by atoms with E-state index in [2.05, 4.69) is 30.4 Å². The normalized spacial score (nSPS) is 25.1. The molecule has 1 saturated carbocycles. The minimum absolute atomic E-state index is 0.103. The number of rotatable bonds is 7. The van der Waals surface area contributed by atoms with Gasteiger partial charge in [-0.05, 0) is 44.9 Å². The highest BCUT2D eigenvalue weighted by atomic mass is 16.5. The van der Waals surface area contributed by atoms with Crippen molar-refractivity contribution in [2.75, 3.05) is 25.6 Å². The molecule has 0 heterocycles. The smallest absolute Gasteiger partial charge is 0.142 e. The van der Waals surface area contributed by atoms with Crippen molar-refractivity contribution in [3.8, 4) is 5.75 Å². The van der Waals surface area contributed by atoms with E-state index in [-0.39, 0.29) is 18.2 Å². The van der Waals surface area contributed by atoms with Crippen LogP contribution in [-0.2, 0) is 9.47 Å². The molecule has 0 aromatic heterocycles. The third-order valence-electron chi connectivity index (χ3n) is 3.68. The minimum atomic E-state index is 0.103. The zero-order chi connectivity index (χ0) is 14.5. The highest BCUT2D eigenvalue weighted by molar-refractivity contribution is 5.58. The Kier molecular flexibility index (Phi) is 5.26. The number of nitrogens with one attached hydrogen (secondary N) is 1. The fraction of sp³-hybridized carbons (Fsp3) is 0.625. The van der Waals surface area contributed by atoms with E-state index in [9.17, 15) is 0 Å². The molecule has 0 aliphatic heterocycles. The van der Waals surface area contributed by atoms with Crippen molar-refractivity contribution in [3.05, 3.63) is 23.8 Å². The van der Waals surface area contributed by atoms with E-state index < -0.39 is 0 Å². The molecule has 1 aliphatic rings. The van der Waals surface area contributed by atoms with Crippen LogP contribution in [0.25, 0.3) is 0 Å². The third kappa shape index (κ3) is 3.25. The van der Waals surface area contributed by atoms with Crippen molar-refractivity contribution in [1.82, 2.24) is 0 Å². The first kappa shape index (κ1) is 15.1. The van der Waals surface area contributed by atoms with Crippen LogP contribution in [0.5, 0.6) is 5.75 Å². The lowest BCUT2D eigenvalue weighted by Gasteiger charge is -2.43. The van der Waals surface area contributed by atoms with Gasteiger partial charge in [0.2, 0.25) is 0 Å². The molecule has 3 unspecified atom stereocenters. The Balaban J connectivity index is 2.03. The summed E-state index contributed by atoms with van der Waals surface area (Å²) in [6.45, 7) is 7.47. The lowest BCUT2D eigenvalue weighted by atomic mass is 9.85. The number of aryl methyl sites for hydroxylation is 1. The van der Waals surface area contributed by atoms with Gasteiger partial charge < -0.3 is 19.5 Å². The summed E-state index contributed by atoms with van der Waals surface area (Å²) in [7, 11) is 1.74. The summed E-state index contributed by atoms with van der Waals surface area (Å²) in [5, 5.41) is 3.52. The van der Waals surface area contributed by atoms with E-state index in [1.807, 2.05) is 13.8 Å². The predicted octanol–water partition coefficient (Wildman–Crippen LogP) is 3.00. The van der Waals surface area contributed by atoms with Crippen LogP contribution in [0.2, 0.25) is 0 Å². The second-order valence-corrected chi connectivity index (χ2v) is 5.11. The summed E-state index contributed by atoms with van der Waals surface area (Å²) >= 11 is 0. The Morgan fingerprint density at radius 2 is 2.05 bits per heavy atom. The zero-order valence-electron chi connectivity index (χ0n) is 12.8. The molecule has 0 spiro atoms. The standard InChI is InChI=1S/C16H25NO3/c1-5-19-14-9-11(3)7-8-12(14)17-13-10-15(20-6-2)16(13)18-4/h7-9,13,15-17H,5-6,10H2,1-4H3. The van der Waals surface area contributed by atoms with E-state index in [1.165, 1.54) is 5.56 Å².